The minimum absolute atomic E-state index is 0.379. The van der Waals surface area contributed by atoms with Crippen molar-refractivity contribution in [3.05, 3.63) is 0 Å². The minimum Gasteiger partial charge on any atom is -0.307 e. The van der Waals surface area contributed by atoms with Crippen molar-refractivity contribution in [1.29, 1.82) is 0 Å². The van der Waals surface area contributed by atoms with Gasteiger partial charge in [-0.25, -0.2) is 0 Å². The van der Waals surface area contributed by atoms with Gasteiger partial charge in [-0.1, -0.05) is 0 Å². The lowest BCUT2D eigenvalue weighted by Gasteiger charge is -2.16. The zero-order valence-electron chi connectivity index (χ0n) is 8.52. The van der Waals surface area contributed by atoms with Gasteiger partial charge in [0.15, 0.2) is 0 Å². The normalized spacial score (nSPS) is 12.4. The van der Waals surface area contributed by atoms with Gasteiger partial charge in [-0.15, -0.1) is 0 Å². The van der Waals surface area contributed by atoms with Crippen LogP contribution in [0.4, 0.5) is 13.2 Å². The van der Waals surface area contributed by atoms with Crippen molar-refractivity contribution in [2.45, 2.75) is 6.18 Å². The zero-order valence-corrected chi connectivity index (χ0v) is 9.34. The van der Waals surface area contributed by atoms with Crippen LogP contribution in [0.25, 0.3) is 0 Å². The fraction of sp³-hybridized carbons (Fsp3) is 1.00. The fourth-order valence-corrected chi connectivity index (χ4v) is 1.35. The quantitative estimate of drug-likeness (QED) is 0.666. The SMILES string of the molecule is CSCCN(C)CCNCC(F)(F)F. The third kappa shape index (κ3) is 10.1. The van der Waals surface area contributed by atoms with Crippen LogP contribution in [0.5, 0.6) is 0 Å². The van der Waals surface area contributed by atoms with E-state index in [0.717, 1.165) is 12.3 Å². The second-order valence-corrected chi connectivity index (χ2v) is 4.07. The first-order valence-corrected chi connectivity index (χ1v) is 5.80. The number of thioether (sulfide) groups is 1. The Morgan fingerprint density at radius 2 is 1.93 bits per heavy atom. The summed E-state index contributed by atoms with van der Waals surface area (Å²) in [5.74, 6) is 1.01. The lowest BCUT2D eigenvalue weighted by Crippen LogP contribution is -2.35. The molecule has 0 amide bonds. The van der Waals surface area contributed by atoms with Gasteiger partial charge in [0.1, 0.15) is 0 Å². The molecule has 0 aromatic carbocycles. The van der Waals surface area contributed by atoms with Gasteiger partial charge < -0.3 is 10.2 Å². The highest BCUT2D eigenvalue weighted by atomic mass is 32.2. The Labute approximate surface area is 87.2 Å². The molecule has 0 radical (unpaired) electrons. The average molecular weight is 230 g/mol. The molecule has 0 spiro atoms. The van der Waals surface area contributed by atoms with Crippen LogP contribution in [0.1, 0.15) is 0 Å². The third-order valence-electron chi connectivity index (χ3n) is 1.67. The zero-order chi connectivity index (χ0) is 11.0. The average Bonchev–Trinajstić information content (AvgIpc) is 2.07. The van der Waals surface area contributed by atoms with E-state index in [1.165, 1.54) is 0 Å². The van der Waals surface area contributed by atoms with Crippen LogP contribution in [-0.2, 0) is 0 Å². The Morgan fingerprint density at radius 3 is 2.43 bits per heavy atom. The maximum absolute atomic E-state index is 11.7. The molecule has 1 N–H and O–H groups in total. The molecule has 0 aliphatic carbocycles. The number of halogens is 3. The molecule has 0 aliphatic heterocycles. The Morgan fingerprint density at radius 1 is 1.29 bits per heavy atom. The van der Waals surface area contributed by atoms with Crippen LogP contribution >= 0.6 is 11.8 Å². The summed E-state index contributed by atoms with van der Waals surface area (Å²) < 4.78 is 35.1. The van der Waals surface area contributed by atoms with Crippen molar-refractivity contribution in [2.75, 3.05) is 45.2 Å². The van der Waals surface area contributed by atoms with Gasteiger partial charge in [0.2, 0.25) is 0 Å². The summed E-state index contributed by atoms with van der Waals surface area (Å²) in [6, 6.07) is 0. The summed E-state index contributed by atoms with van der Waals surface area (Å²) >= 11 is 1.73. The van der Waals surface area contributed by atoms with E-state index in [-0.39, 0.29) is 0 Å². The van der Waals surface area contributed by atoms with E-state index < -0.39 is 12.7 Å². The number of alkyl halides is 3. The molecule has 0 aliphatic rings. The topological polar surface area (TPSA) is 15.3 Å². The third-order valence-corrected chi connectivity index (χ3v) is 2.26. The van der Waals surface area contributed by atoms with Crippen molar-refractivity contribution in [3.63, 3.8) is 0 Å². The standard InChI is InChI=1S/C8H17F3N2S/c1-13(5-6-14-2)4-3-12-7-8(9,10)11/h12H,3-7H2,1-2H3. The smallest absolute Gasteiger partial charge is 0.307 e. The number of likely N-dealkylation sites (N-methyl/N-ethyl adjacent to an activating group) is 1. The first kappa shape index (κ1) is 14.1. The molecule has 0 unspecified atom stereocenters. The van der Waals surface area contributed by atoms with E-state index in [2.05, 4.69) is 5.32 Å². The number of nitrogens with one attached hydrogen (secondary N) is 1. The van der Waals surface area contributed by atoms with E-state index in [1.807, 2.05) is 18.2 Å². The molecule has 0 atom stereocenters. The molecule has 0 saturated heterocycles. The molecule has 0 saturated carbocycles. The van der Waals surface area contributed by atoms with Crippen molar-refractivity contribution in [1.82, 2.24) is 10.2 Å². The predicted molar refractivity (Wildman–Crippen MR) is 54.8 cm³/mol. The van der Waals surface area contributed by atoms with Crippen LogP contribution in [0.15, 0.2) is 0 Å². The highest BCUT2D eigenvalue weighted by Gasteiger charge is 2.25. The highest BCUT2D eigenvalue weighted by molar-refractivity contribution is 7.98. The van der Waals surface area contributed by atoms with E-state index in [1.54, 1.807) is 11.8 Å². The summed E-state index contributed by atoms with van der Waals surface area (Å²) in [7, 11) is 1.91. The van der Waals surface area contributed by atoms with Crippen molar-refractivity contribution < 1.29 is 13.2 Å². The molecule has 6 heteroatoms. The minimum atomic E-state index is -4.10. The molecular weight excluding hydrogens is 213 g/mol. The van der Waals surface area contributed by atoms with Gasteiger partial charge in [0, 0.05) is 25.4 Å². The van der Waals surface area contributed by atoms with Crippen LogP contribution in [0, 0.1) is 0 Å². The molecule has 86 valence electrons. The predicted octanol–water partition coefficient (Wildman–Crippen LogP) is 1.43. The van der Waals surface area contributed by atoms with E-state index in [9.17, 15) is 13.2 Å². The summed E-state index contributed by atoms with van der Waals surface area (Å²) in [5, 5.41) is 2.36. The monoisotopic (exact) mass is 230 g/mol. The molecule has 2 nitrogen and oxygen atoms in total. The van der Waals surface area contributed by atoms with Crippen molar-refractivity contribution in [3.8, 4) is 0 Å². The van der Waals surface area contributed by atoms with Gasteiger partial charge in [-0.2, -0.15) is 24.9 Å². The molecule has 0 fully saturated rings. The summed E-state index contributed by atoms with van der Waals surface area (Å²) in [5.41, 5.74) is 0. The summed E-state index contributed by atoms with van der Waals surface area (Å²) in [6.45, 7) is 1.04. The molecule has 0 heterocycles. The van der Waals surface area contributed by atoms with E-state index in [4.69, 9.17) is 0 Å². The van der Waals surface area contributed by atoms with E-state index >= 15 is 0 Å². The van der Waals surface area contributed by atoms with Crippen LogP contribution < -0.4 is 5.32 Å². The van der Waals surface area contributed by atoms with Gasteiger partial charge in [-0.3, -0.25) is 0 Å². The molecule has 14 heavy (non-hydrogen) atoms. The Bertz CT molecular complexity index is 141. The second-order valence-electron chi connectivity index (χ2n) is 3.09. The second kappa shape index (κ2) is 7.36. The van der Waals surface area contributed by atoms with Gasteiger partial charge in [0.05, 0.1) is 6.54 Å². The lowest BCUT2D eigenvalue weighted by molar-refractivity contribution is -0.124. The van der Waals surface area contributed by atoms with Crippen LogP contribution in [0.3, 0.4) is 0 Å². The van der Waals surface area contributed by atoms with Gasteiger partial charge in [-0.05, 0) is 13.3 Å². The number of nitrogens with zero attached hydrogens (tertiary/aromatic N) is 1. The number of rotatable bonds is 7. The summed E-state index contributed by atoms with van der Waals surface area (Å²) in [6.07, 6.45) is -2.09. The van der Waals surface area contributed by atoms with Crippen LogP contribution in [0.2, 0.25) is 0 Å². The Hall–Kier alpha value is 0.0600. The van der Waals surface area contributed by atoms with Crippen molar-refractivity contribution >= 4 is 11.8 Å². The first-order chi connectivity index (χ1) is 6.45. The highest BCUT2D eigenvalue weighted by Crippen LogP contribution is 2.11. The van der Waals surface area contributed by atoms with Crippen molar-refractivity contribution in [2.24, 2.45) is 0 Å². The molecule has 0 aromatic heterocycles. The fourth-order valence-electron chi connectivity index (χ4n) is 0.859. The molecule has 0 aromatic rings. The van der Waals surface area contributed by atoms with Gasteiger partial charge in [0.25, 0.3) is 0 Å². The molecule has 0 bridgehead atoms. The maximum atomic E-state index is 11.7. The number of hydrogen-bond acceptors (Lipinski definition) is 3. The number of hydrogen-bond donors (Lipinski definition) is 1. The Kier molecular flexibility index (Phi) is 7.40. The molecule has 0 rings (SSSR count). The van der Waals surface area contributed by atoms with Crippen LogP contribution in [-0.4, -0.2) is 56.3 Å². The van der Waals surface area contributed by atoms with Gasteiger partial charge >= 0.3 is 6.18 Å². The summed E-state index contributed by atoms with van der Waals surface area (Å²) in [4.78, 5) is 2.01. The first-order valence-electron chi connectivity index (χ1n) is 4.40. The largest absolute Gasteiger partial charge is 0.401 e. The van der Waals surface area contributed by atoms with E-state index in [0.29, 0.717) is 13.1 Å². The lowest BCUT2D eigenvalue weighted by atomic mass is 10.5. The molecular formula is C8H17F3N2S. The Balaban J connectivity index is 3.27. The maximum Gasteiger partial charge on any atom is 0.401 e.